The van der Waals surface area contributed by atoms with Crippen molar-refractivity contribution in [3.05, 3.63) is 39.4 Å². The summed E-state index contributed by atoms with van der Waals surface area (Å²) in [6.45, 7) is 7.86. The van der Waals surface area contributed by atoms with E-state index >= 15 is 0 Å². The lowest BCUT2D eigenvalue weighted by Gasteiger charge is -2.19. The molecule has 0 aliphatic rings. The first-order valence-corrected chi connectivity index (χ1v) is 6.84. The molecule has 21 heavy (non-hydrogen) atoms. The summed E-state index contributed by atoms with van der Waals surface area (Å²) >= 11 is 0. The molecule has 1 rings (SSSR count). The minimum atomic E-state index is -0.542. The third-order valence-electron chi connectivity index (χ3n) is 3.23. The van der Waals surface area contributed by atoms with Gasteiger partial charge in [-0.25, -0.2) is 0 Å². The van der Waals surface area contributed by atoms with Crippen molar-refractivity contribution in [2.45, 2.75) is 33.1 Å². The number of aliphatic hydroxyl groups is 1. The Balaban J connectivity index is 3.07. The number of nitrogens with zero attached hydrogens (tertiary/aromatic N) is 1. The van der Waals surface area contributed by atoms with Gasteiger partial charge in [-0.2, -0.15) is 0 Å². The van der Waals surface area contributed by atoms with Crippen LogP contribution in [0.2, 0.25) is 0 Å². The molecule has 0 aromatic heterocycles. The predicted octanol–water partition coefficient (Wildman–Crippen LogP) is 2.25. The third-order valence-corrected chi connectivity index (χ3v) is 3.23. The largest absolute Gasteiger partial charge is 0.396 e. The number of aliphatic hydroxyl groups excluding tert-OH is 1. The molecule has 1 unspecified atom stereocenters. The first-order chi connectivity index (χ1) is 9.66. The van der Waals surface area contributed by atoms with Gasteiger partial charge in [0.05, 0.1) is 4.92 Å². The smallest absolute Gasteiger partial charge is 0.282 e. The van der Waals surface area contributed by atoms with Gasteiger partial charge in [-0.3, -0.25) is 14.9 Å². The monoisotopic (exact) mass is 294 g/mol. The number of amides is 1. The first-order valence-electron chi connectivity index (χ1n) is 6.84. The van der Waals surface area contributed by atoms with Crippen LogP contribution in [0.5, 0.6) is 0 Å². The van der Waals surface area contributed by atoms with Crippen LogP contribution >= 0.6 is 0 Å². The first kappa shape index (κ1) is 17.1. The van der Waals surface area contributed by atoms with E-state index in [-0.39, 0.29) is 35.7 Å². The normalized spacial score (nSPS) is 12.8. The summed E-state index contributed by atoms with van der Waals surface area (Å²) in [7, 11) is 0. The standard InChI is InChI=1S/C15H22N2O4/c1-10(9-18)8-16-14(19)12-6-5-11(15(2,3)4)7-13(12)17(20)21/h5-7,10,18H,8-9H2,1-4H3,(H,16,19). The van der Waals surface area contributed by atoms with Crippen molar-refractivity contribution in [1.29, 1.82) is 0 Å². The summed E-state index contributed by atoms with van der Waals surface area (Å²) in [5.41, 5.74) is 0.412. The molecule has 1 aromatic rings. The number of nitro groups is 1. The number of carbonyl (C=O) groups excluding carboxylic acids is 1. The molecule has 0 heterocycles. The molecule has 6 heteroatoms. The average Bonchev–Trinajstić information content (AvgIpc) is 2.42. The Morgan fingerprint density at radius 3 is 2.52 bits per heavy atom. The zero-order chi connectivity index (χ0) is 16.2. The highest BCUT2D eigenvalue weighted by molar-refractivity contribution is 5.98. The maximum atomic E-state index is 12.1. The SMILES string of the molecule is CC(CO)CNC(=O)c1ccc(C(C)(C)C)cc1[N+](=O)[O-]. The van der Waals surface area contributed by atoms with Gasteiger partial charge in [0.15, 0.2) is 0 Å². The number of carbonyl (C=O) groups is 1. The molecule has 0 fully saturated rings. The predicted molar refractivity (Wildman–Crippen MR) is 80.4 cm³/mol. The Morgan fingerprint density at radius 1 is 1.43 bits per heavy atom. The summed E-state index contributed by atoms with van der Waals surface area (Å²) < 4.78 is 0. The maximum Gasteiger partial charge on any atom is 0.282 e. The average molecular weight is 294 g/mol. The van der Waals surface area contributed by atoms with Gasteiger partial charge in [-0.15, -0.1) is 0 Å². The number of benzene rings is 1. The lowest BCUT2D eigenvalue weighted by Crippen LogP contribution is -2.30. The van der Waals surface area contributed by atoms with Crippen molar-refractivity contribution < 1.29 is 14.8 Å². The van der Waals surface area contributed by atoms with E-state index in [0.717, 1.165) is 5.56 Å². The van der Waals surface area contributed by atoms with Crippen molar-refractivity contribution in [2.75, 3.05) is 13.2 Å². The number of hydrogen-bond acceptors (Lipinski definition) is 4. The van der Waals surface area contributed by atoms with E-state index in [0.29, 0.717) is 0 Å². The van der Waals surface area contributed by atoms with Crippen molar-refractivity contribution in [3.8, 4) is 0 Å². The molecule has 0 radical (unpaired) electrons. The van der Waals surface area contributed by atoms with E-state index in [1.165, 1.54) is 12.1 Å². The minimum Gasteiger partial charge on any atom is -0.396 e. The molecule has 0 saturated carbocycles. The number of nitrogens with one attached hydrogen (secondary N) is 1. The summed E-state index contributed by atoms with van der Waals surface area (Å²) in [6, 6.07) is 4.67. The molecule has 0 bridgehead atoms. The van der Waals surface area contributed by atoms with E-state index in [9.17, 15) is 14.9 Å². The summed E-state index contributed by atoms with van der Waals surface area (Å²) in [5.74, 6) is -0.593. The molecule has 0 aliphatic carbocycles. The quantitative estimate of drug-likeness (QED) is 0.643. The van der Waals surface area contributed by atoms with Crippen molar-refractivity contribution in [1.82, 2.24) is 5.32 Å². The van der Waals surface area contributed by atoms with E-state index in [2.05, 4.69) is 5.32 Å². The van der Waals surface area contributed by atoms with Crippen LogP contribution in [0.3, 0.4) is 0 Å². The second-order valence-electron chi connectivity index (χ2n) is 6.24. The van der Waals surface area contributed by atoms with E-state index in [1.54, 1.807) is 13.0 Å². The number of rotatable bonds is 5. The van der Waals surface area contributed by atoms with Gasteiger partial charge in [0, 0.05) is 19.2 Å². The molecule has 1 aromatic carbocycles. The Bertz CT molecular complexity index is 535. The third kappa shape index (κ3) is 4.53. The second kappa shape index (κ2) is 6.67. The van der Waals surface area contributed by atoms with Gasteiger partial charge in [0.1, 0.15) is 5.56 Å². The van der Waals surface area contributed by atoms with Crippen LogP contribution < -0.4 is 5.32 Å². The Hall–Kier alpha value is -1.95. The summed E-state index contributed by atoms with van der Waals surface area (Å²) in [6.07, 6.45) is 0. The molecule has 1 amide bonds. The molecule has 0 aliphatic heterocycles. The van der Waals surface area contributed by atoms with E-state index in [1.807, 2.05) is 20.8 Å². The Labute approximate surface area is 124 Å². The highest BCUT2D eigenvalue weighted by Gasteiger charge is 2.24. The van der Waals surface area contributed by atoms with Gasteiger partial charge in [0.2, 0.25) is 0 Å². The number of hydrogen-bond donors (Lipinski definition) is 2. The van der Waals surface area contributed by atoms with Crippen LogP contribution in [-0.4, -0.2) is 29.1 Å². The minimum absolute atomic E-state index is 0.0399. The molecular weight excluding hydrogens is 272 g/mol. The van der Waals surface area contributed by atoms with Gasteiger partial charge in [0.25, 0.3) is 11.6 Å². The van der Waals surface area contributed by atoms with Gasteiger partial charge >= 0.3 is 0 Å². The van der Waals surface area contributed by atoms with Crippen LogP contribution in [0.4, 0.5) is 5.69 Å². The number of nitro benzene ring substituents is 1. The topological polar surface area (TPSA) is 92.5 Å². The summed E-state index contributed by atoms with van der Waals surface area (Å²) in [4.78, 5) is 22.7. The van der Waals surface area contributed by atoms with E-state index < -0.39 is 10.8 Å². The molecule has 0 saturated heterocycles. The van der Waals surface area contributed by atoms with Gasteiger partial charge in [-0.05, 0) is 23.0 Å². The highest BCUT2D eigenvalue weighted by atomic mass is 16.6. The Kier molecular flexibility index (Phi) is 5.43. The van der Waals surface area contributed by atoms with E-state index in [4.69, 9.17) is 5.11 Å². The van der Waals surface area contributed by atoms with Crippen LogP contribution in [0.25, 0.3) is 0 Å². The zero-order valence-corrected chi connectivity index (χ0v) is 12.8. The van der Waals surface area contributed by atoms with Gasteiger partial charge in [-0.1, -0.05) is 33.8 Å². The van der Waals surface area contributed by atoms with Crippen LogP contribution in [0.15, 0.2) is 18.2 Å². The van der Waals surface area contributed by atoms with Crippen LogP contribution in [0.1, 0.15) is 43.6 Å². The molecule has 1 atom stereocenters. The zero-order valence-electron chi connectivity index (χ0n) is 12.8. The lowest BCUT2D eigenvalue weighted by molar-refractivity contribution is -0.385. The lowest BCUT2D eigenvalue weighted by atomic mass is 9.86. The highest BCUT2D eigenvalue weighted by Crippen LogP contribution is 2.28. The fraction of sp³-hybridized carbons (Fsp3) is 0.533. The fourth-order valence-electron chi connectivity index (χ4n) is 1.77. The van der Waals surface area contributed by atoms with Crippen molar-refractivity contribution in [3.63, 3.8) is 0 Å². The van der Waals surface area contributed by atoms with Gasteiger partial charge < -0.3 is 10.4 Å². The maximum absolute atomic E-state index is 12.1. The molecule has 2 N–H and O–H groups in total. The second-order valence-corrected chi connectivity index (χ2v) is 6.24. The van der Waals surface area contributed by atoms with Crippen molar-refractivity contribution in [2.24, 2.45) is 5.92 Å². The molecule has 6 nitrogen and oxygen atoms in total. The molecular formula is C15H22N2O4. The fourth-order valence-corrected chi connectivity index (χ4v) is 1.77. The van der Waals surface area contributed by atoms with Crippen LogP contribution in [0, 0.1) is 16.0 Å². The van der Waals surface area contributed by atoms with Crippen molar-refractivity contribution >= 4 is 11.6 Å². The Morgan fingerprint density at radius 2 is 2.05 bits per heavy atom. The molecule has 116 valence electrons. The molecule has 0 spiro atoms. The summed E-state index contributed by atoms with van der Waals surface area (Å²) in [5, 5.41) is 22.7. The van der Waals surface area contributed by atoms with Crippen LogP contribution in [-0.2, 0) is 5.41 Å².